The van der Waals surface area contributed by atoms with Gasteiger partial charge in [-0.3, -0.25) is 4.79 Å². The molecule has 8 nitrogen and oxygen atoms in total. The number of rotatable bonds is 6. The summed E-state index contributed by atoms with van der Waals surface area (Å²) >= 11 is 0. The van der Waals surface area contributed by atoms with E-state index in [0.717, 1.165) is 59.9 Å². The largest absolute Gasteiger partial charge is 0.483 e. The summed E-state index contributed by atoms with van der Waals surface area (Å²) in [6.45, 7) is 5.91. The summed E-state index contributed by atoms with van der Waals surface area (Å²) in [5.41, 5.74) is 4.68. The monoisotopic (exact) mass is 392 g/mol. The minimum atomic E-state index is -0.208. The molecule has 1 aromatic heterocycles. The van der Waals surface area contributed by atoms with Gasteiger partial charge in [0.05, 0.1) is 17.1 Å². The molecule has 150 valence electrons. The van der Waals surface area contributed by atoms with Crippen molar-refractivity contribution in [1.29, 1.82) is 0 Å². The highest BCUT2D eigenvalue weighted by atomic mass is 16.5. The first-order valence-electron chi connectivity index (χ1n) is 9.73. The van der Waals surface area contributed by atoms with E-state index in [-0.39, 0.29) is 12.5 Å². The first-order chi connectivity index (χ1) is 14.1. The quantitative estimate of drug-likeness (QED) is 0.694. The van der Waals surface area contributed by atoms with Crippen LogP contribution in [0.4, 0.5) is 11.4 Å². The zero-order chi connectivity index (χ0) is 20.2. The highest BCUT2D eigenvalue weighted by Gasteiger charge is 2.18. The minimum Gasteiger partial charge on any atom is -0.483 e. The van der Waals surface area contributed by atoms with Crippen LogP contribution >= 0.6 is 0 Å². The highest BCUT2D eigenvalue weighted by Crippen LogP contribution is 2.31. The number of benzene rings is 2. The predicted octanol–water partition coefficient (Wildman–Crippen LogP) is 2.90. The summed E-state index contributed by atoms with van der Waals surface area (Å²) in [4.78, 5) is 14.9. The molecule has 1 aliphatic rings. The van der Waals surface area contributed by atoms with Crippen LogP contribution in [0.2, 0.25) is 0 Å². The molecule has 2 heterocycles. The molecule has 1 N–H and O–H groups in total. The topological polar surface area (TPSA) is 85.2 Å². The fourth-order valence-electron chi connectivity index (χ4n) is 3.49. The van der Waals surface area contributed by atoms with Crippen LogP contribution in [0.1, 0.15) is 24.0 Å². The molecular weight excluding hydrogens is 368 g/mol. The molecule has 1 amide bonds. The maximum Gasteiger partial charge on any atom is 0.262 e. The summed E-state index contributed by atoms with van der Waals surface area (Å²) in [6.07, 6.45) is 3.83. The third kappa shape index (κ3) is 4.21. The second kappa shape index (κ2) is 8.30. The summed E-state index contributed by atoms with van der Waals surface area (Å²) < 4.78 is 7.32. The van der Waals surface area contributed by atoms with Crippen molar-refractivity contribution in [2.45, 2.75) is 26.7 Å². The van der Waals surface area contributed by atoms with Crippen LogP contribution in [0.15, 0.2) is 42.7 Å². The van der Waals surface area contributed by atoms with Gasteiger partial charge < -0.3 is 15.0 Å². The normalized spacial score (nSPS) is 13.5. The van der Waals surface area contributed by atoms with E-state index in [1.54, 1.807) is 4.68 Å². The second-order valence-corrected chi connectivity index (χ2v) is 7.18. The maximum atomic E-state index is 12.6. The van der Waals surface area contributed by atoms with E-state index < -0.39 is 0 Å². The van der Waals surface area contributed by atoms with E-state index in [1.165, 1.54) is 6.33 Å². The number of carbonyl (C=O) groups excluding carboxylic acids is 1. The van der Waals surface area contributed by atoms with Crippen molar-refractivity contribution >= 4 is 17.3 Å². The van der Waals surface area contributed by atoms with Gasteiger partial charge in [-0.1, -0.05) is 12.1 Å². The van der Waals surface area contributed by atoms with Crippen LogP contribution < -0.4 is 15.0 Å². The number of anilines is 2. The van der Waals surface area contributed by atoms with Gasteiger partial charge in [-0.15, -0.1) is 5.10 Å². The van der Waals surface area contributed by atoms with Crippen molar-refractivity contribution in [3.63, 3.8) is 0 Å². The first kappa shape index (κ1) is 18.9. The molecule has 0 aliphatic carbocycles. The van der Waals surface area contributed by atoms with E-state index in [9.17, 15) is 4.79 Å². The van der Waals surface area contributed by atoms with Gasteiger partial charge in [0, 0.05) is 13.1 Å². The molecule has 4 rings (SSSR count). The van der Waals surface area contributed by atoms with Crippen LogP contribution in [-0.4, -0.2) is 45.8 Å². The minimum absolute atomic E-state index is 0.0567. The molecule has 1 aliphatic heterocycles. The Kier molecular flexibility index (Phi) is 5.41. The van der Waals surface area contributed by atoms with Gasteiger partial charge in [-0.05, 0) is 72.5 Å². The molecule has 0 radical (unpaired) electrons. The Morgan fingerprint density at radius 1 is 1.17 bits per heavy atom. The molecule has 0 spiro atoms. The molecule has 3 aromatic rings. The van der Waals surface area contributed by atoms with Gasteiger partial charge in [0.25, 0.3) is 5.91 Å². The van der Waals surface area contributed by atoms with E-state index in [4.69, 9.17) is 4.74 Å². The zero-order valence-electron chi connectivity index (χ0n) is 16.6. The van der Waals surface area contributed by atoms with Crippen molar-refractivity contribution in [2.24, 2.45) is 0 Å². The van der Waals surface area contributed by atoms with Crippen molar-refractivity contribution < 1.29 is 9.53 Å². The average Bonchev–Trinajstić information content (AvgIpc) is 3.43. The number of aryl methyl sites for hydroxylation is 1. The fraction of sp³-hybridized carbons (Fsp3) is 0.333. The summed E-state index contributed by atoms with van der Waals surface area (Å²) in [5, 5.41) is 14.3. The maximum absolute atomic E-state index is 12.6. The van der Waals surface area contributed by atoms with E-state index in [1.807, 2.05) is 50.2 Å². The number of nitrogens with one attached hydrogen (secondary N) is 1. The van der Waals surface area contributed by atoms with Crippen LogP contribution in [0, 0.1) is 13.8 Å². The number of aromatic nitrogens is 4. The van der Waals surface area contributed by atoms with Crippen LogP contribution in [0.5, 0.6) is 5.75 Å². The lowest BCUT2D eigenvalue weighted by atomic mass is 10.1. The Balaban J connectivity index is 1.53. The number of hydrogen-bond acceptors (Lipinski definition) is 6. The van der Waals surface area contributed by atoms with Gasteiger partial charge in [-0.25, -0.2) is 4.68 Å². The highest BCUT2D eigenvalue weighted by molar-refractivity contribution is 5.96. The Morgan fingerprint density at radius 2 is 2.00 bits per heavy atom. The number of amides is 1. The van der Waals surface area contributed by atoms with Crippen molar-refractivity contribution in [2.75, 3.05) is 29.9 Å². The second-order valence-electron chi connectivity index (χ2n) is 7.18. The Labute approximate surface area is 169 Å². The van der Waals surface area contributed by atoms with Crippen molar-refractivity contribution in [3.05, 3.63) is 53.9 Å². The molecule has 29 heavy (non-hydrogen) atoms. The molecular formula is C21H24N6O2. The summed E-state index contributed by atoms with van der Waals surface area (Å²) in [6, 6.07) is 11.7. The Morgan fingerprint density at radius 3 is 2.76 bits per heavy atom. The van der Waals surface area contributed by atoms with Crippen LogP contribution in [-0.2, 0) is 4.79 Å². The Hall–Kier alpha value is -3.42. The Bertz CT molecular complexity index is 996. The molecule has 0 unspecified atom stereocenters. The molecule has 0 saturated carbocycles. The SMILES string of the molecule is Cc1cccc(OCC(=O)Nc2cc(-n3cnnn3)ccc2N2CCCC2)c1C. The van der Waals surface area contributed by atoms with Gasteiger partial charge in [0.15, 0.2) is 6.61 Å². The van der Waals surface area contributed by atoms with E-state index in [2.05, 4.69) is 25.7 Å². The smallest absolute Gasteiger partial charge is 0.262 e. The first-order valence-corrected chi connectivity index (χ1v) is 9.73. The molecule has 8 heteroatoms. The van der Waals surface area contributed by atoms with Gasteiger partial charge in [0.2, 0.25) is 0 Å². The number of ether oxygens (including phenoxy) is 1. The lowest BCUT2D eigenvalue weighted by Gasteiger charge is -2.22. The standard InChI is InChI=1S/C21H24N6O2/c1-15-6-5-7-20(16(15)2)29-13-21(28)23-18-12-17(27-14-22-24-25-27)8-9-19(18)26-10-3-4-11-26/h5-9,12,14H,3-4,10-11,13H2,1-2H3,(H,23,28). The number of carbonyl (C=O) groups is 1. The molecule has 2 aromatic carbocycles. The summed E-state index contributed by atoms with van der Waals surface area (Å²) in [5.74, 6) is 0.516. The third-order valence-electron chi connectivity index (χ3n) is 5.23. The average molecular weight is 392 g/mol. The predicted molar refractivity (Wildman–Crippen MR) is 111 cm³/mol. The molecule has 0 bridgehead atoms. The van der Waals surface area contributed by atoms with Crippen LogP contribution in [0.25, 0.3) is 5.69 Å². The molecule has 1 fully saturated rings. The summed E-state index contributed by atoms with van der Waals surface area (Å²) in [7, 11) is 0. The van der Waals surface area contributed by atoms with Gasteiger partial charge in [-0.2, -0.15) is 0 Å². The molecule has 0 atom stereocenters. The van der Waals surface area contributed by atoms with Gasteiger partial charge in [0.1, 0.15) is 12.1 Å². The van der Waals surface area contributed by atoms with Crippen LogP contribution in [0.3, 0.4) is 0 Å². The lowest BCUT2D eigenvalue weighted by molar-refractivity contribution is -0.118. The number of tetrazole rings is 1. The van der Waals surface area contributed by atoms with Crippen molar-refractivity contribution in [3.8, 4) is 11.4 Å². The fourth-order valence-corrected chi connectivity index (χ4v) is 3.49. The van der Waals surface area contributed by atoms with Crippen molar-refractivity contribution in [1.82, 2.24) is 20.2 Å². The zero-order valence-corrected chi connectivity index (χ0v) is 16.6. The molecule has 1 saturated heterocycles. The number of hydrogen-bond donors (Lipinski definition) is 1. The third-order valence-corrected chi connectivity index (χ3v) is 5.23. The van der Waals surface area contributed by atoms with E-state index >= 15 is 0 Å². The lowest BCUT2D eigenvalue weighted by Crippen LogP contribution is -2.24. The number of nitrogens with zero attached hydrogens (tertiary/aromatic N) is 5. The van der Waals surface area contributed by atoms with E-state index in [0.29, 0.717) is 0 Å². The van der Waals surface area contributed by atoms with Gasteiger partial charge >= 0.3 is 0 Å².